The number of nitrogens with two attached hydrogens (primary N) is 1. The van der Waals surface area contributed by atoms with Crippen LogP contribution in [-0.2, 0) is 19.6 Å². The number of nitrogen functional groups attached to an aromatic ring is 1. The van der Waals surface area contributed by atoms with E-state index in [1.165, 1.54) is 0 Å². The normalized spacial score (nSPS) is 11.3. The van der Waals surface area contributed by atoms with E-state index in [0.29, 0.717) is 6.07 Å². The van der Waals surface area contributed by atoms with Crippen molar-refractivity contribution in [3.8, 4) is 0 Å². The number of hydrogen-bond acceptors (Lipinski definition) is 5. The molecule has 0 saturated heterocycles. The number of rotatable bonds is 5. The number of carbonyl (C=O) groups is 1. The Morgan fingerprint density at radius 1 is 1.42 bits per heavy atom. The molecule has 0 fully saturated rings. The average Bonchev–Trinajstić information content (AvgIpc) is 2.33. The van der Waals surface area contributed by atoms with E-state index in [9.17, 15) is 22.0 Å². The third-order valence-electron chi connectivity index (χ3n) is 2.16. The molecule has 0 unspecified atom stereocenters. The Morgan fingerprint density at radius 2 is 2.05 bits per heavy atom. The van der Waals surface area contributed by atoms with Crippen molar-refractivity contribution in [2.45, 2.75) is 11.3 Å². The van der Waals surface area contributed by atoms with Gasteiger partial charge in [0.2, 0.25) is 10.0 Å². The van der Waals surface area contributed by atoms with Gasteiger partial charge in [-0.2, -0.15) is 0 Å². The first-order valence-corrected chi connectivity index (χ1v) is 6.57. The molecule has 0 aromatic heterocycles. The van der Waals surface area contributed by atoms with Crippen LogP contribution in [0, 0.1) is 11.6 Å². The molecular formula is C10H12F2N2O4S. The van der Waals surface area contributed by atoms with Crippen molar-refractivity contribution in [1.29, 1.82) is 0 Å². The van der Waals surface area contributed by atoms with Gasteiger partial charge in [0, 0.05) is 12.2 Å². The van der Waals surface area contributed by atoms with Crippen molar-refractivity contribution in [2.75, 3.05) is 19.4 Å². The minimum Gasteiger partial charge on any atom is -0.469 e. The lowest BCUT2D eigenvalue weighted by Crippen LogP contribution is -2.27. The van der Waals surface area contributed by atoms with E-state index in [1.807, 2.05) is 4.72 Å². The fourth-order valence-corrected chi connectivity index (χ4v) is 2.40. The number of anilines is 1. The predicted octanol–water partition coefficient (Wildman–Crippen LogP) is 0.388. The van der Waals surface area contributed by atoms with Gasteiger partial charge in [-0.1, -0.05) is 0 Å². The van der Waals surface area contributed by atoms with E-state index in [4.69, 9.17) is 5.73 Å². The smallest absolute Gasteiger partial charge is 0.306 e. The van der Waals surface area contributed by atoms with Crippen LogP contribution >= 0.6 is 0 Å². The molecule has 1 rings (SSSR count). The van der Waals surface area contributed by atoms with E-state index in [-0.39, 0.29) is 18.7 Å². The Morgan fingerprint density at radius 3 is 2.63 bits per heavy atom. The molecule has 0 atom stereocenters. The molecule has 0 spiro atoms. The first-order chi connectivity index (χ1) is 8.77. The summed E-state index contributed by atoms with van der Waals surface area (Å²) in [6.45, 7) is -0.301. The molecule has 0 bridgehead atoms. The lowest BCUT2D eigenvalue weighted by Gasteiger charge is -2.08. The maximum absolute atomic E-state index is 13.4. The summed E-state index contributed by atoms with van der Waals surface area (Å²) < 4.78 is 56.1. The van der Waals surface area contributed by atoms with Crippen molar-refractivity contribution in [1.82, 2.24) is 4.72 Å². The second-order valence-corrected chi connectivity index (χ2v) is 5.27. The Bertz CT molecular complexity index is 589. The fraction of sp³-hybridized carbons (Fsp3) is 0.300. The SMILES string of the molecule is COC(=O)CCNS(=O)(=O)c1cc(N)cc(F)c1F. The molecule has 9 heteroatoms. The summed E-state index contributed by atoms with van der Waals surface area (Å²) in [5, 5.41) is 0. The van der Waals surface area contributed by atoms with Crippen molar-refractivity contribution >= 4 is 21.7 Å². The number of carbonyl (C=O) groups excluding carboxylic acids is 1. The maximum Gasteiger partial charge on any atom is 0.306 e. The first kappa shape index (κ1) is 15.3. The fourth-order valence-electron chi connectivity index (χ4n) is 1.25. The number of ether oxygens (including phenoxy) is 1. The lowest BCUT2D eigenvalue weighted by atomic mass is 10.3. The zero-order valence-electron chi connectivity index (χ0n) is 9.94. The summed E-state index contributed by atoms with van der Waals surface area (Å²) in [4.78, 5) is 9.89. The van der Waals surface area contributed by atoms with E-state index in [2.05, 4.69) is 4.74 Å². The van der Waals surface area contributed by atoms with Crippen LogP contribution in [0.3, 0.4) is 0 Å². The molecule has 0 aliphatic heterocycles. The Kier molecular flexibility index (Phi) is 4.78. The minimum atomic E-state index is -4.29. The third-order valence-corrected chi connectivity index (χ3v) is 3.62. The number of benzene rings is 1. The quantitative estimate of drug-likeness (QED) is 0.604. The maximum atomic E-state index is 13.4. The number of hydrogen-bond donors (Lipinski definition) is 2. The number of halogens is 2. The van der Waals surface area contributed by atoms with Crippen molar-refractivity contribution in [2.24, 2.45) is 0 Å². The van der Waals surface area contributed by atoms with Crippen LogP contribution in [0.25, 0.3) is 0 Å². The average molecular weight is 294 g/mol. The molecule has 19 heavy (non-hydrogen) atoms. The van der Waals surface area contributed by atoms with Gasteiger partial charge in [0.15, 0.2) is 11.6 Å². The third kappa shape index (κ3) is 3.86. The molecule has 0 radical (unpaired) electrons. The number of esters is 1. The molecule has 0 saturated carbocycles. The highest BCUT2D eigenvalue weighted by molar-refractivity contribution is 7.89. The van der Waals surface area contributed by atoms with Gasteiger partial charge in [-0.05, 0) is 12.1 Å². The van der Waals surface area contributed by atoms with Gasteiger partial charge < -0.3 is 10.5 Å². The molecule has 0 heterocycles. The van der Waals surface area contributed by atoms with E-state index in [1.54, 1.807) is 0 Å². The minimum absolute atomic E-state index is 0.229. The Balaban J connectivity index is 2.92. The second kappa shape index (κ2) is 5.93. The number of nitrogens with one attached hydrogen (secondary N) is 1. The van der Waals surface area contributed by atoms with Crippen LogP contribution < -0.4 is 10.5 Å². The van der Waals surface area contributed by atoms with Crippen molar-refractivity contribution in [3.05, 3.63) is 23.8 Å². The van der Waals surface area contributed by atoms with Crippen molar-refractivity contribution in [3.63, 3.8) is 0 Å². The van der Waals surface area contributed by atoms with Gasteiger partial charge in [-0.3, -0.25) is 4.79 Å². The van der Waals surface area contributed by atoms with Gasteiger partial charge in [0.05, 0.1) is 13.5 Å². The molecular weight excluding hydrogens is 282 g/mol. The summed E-state index contributed by atoms with van der Waals surface area (Å²) in [7, 11) is -3.15. The first-order valence-electron chi connectivity index (χ1n) is 5.09. The van der Waals surface area contributed by atoms with E-state index >= 15 is 0 Å². The molecule has 0 aliphatic rings. The number of methoxy groups -OCH3 is 1. The molecule has 6 nitrogen and oxygen atoms in total. The summed E-state index contributed by atoms with van der Waals surface area (Å²) in [6, 6.07) is 1.46. The van der Waals surface area contributed by atoms with Gasteiger partial charge >= 0.3 is 5.97 Å². The predicted molar refractivity (Wildman–Crippen MR) is 62.6 cm³/mol. The molecule has 3 N–H and O–H groups in total. The monoisotopic (exact) mass is 294 g/mol. The highest BCUT2D eigenvalue weighted by Crippen LogP contribution is 2.20. The molecule has 0 aliphatic carbocycles. The van der Waals surface area contributed by atoms with Crippen LogP contribution in [0.1, 0.15) is 6.42 Å². The topological polar surface area (TPSA) is 98.5 Å². The van der Waals surface area contributed by atoms with Gasteiger partial charge in [-0.25, -0.2) is 21.9 Å². The highest BCUT2D eigenvalue weighted by atomic mass is 32.2. The molecule has 1 aromatic carbocycles. The zero-order valence-corrected chi connectivity index (χ0v) is 10.8. The van der Waals surface area contributed by atoms with Gasteiger partial charge in [0.1, 0.15) is 4.90 Å². The highest BCUT2D eigenvalue weighted by Gasteiger charge is 2.22. The van der Waals surface area contributed by atoms with Gasteiger partial charge in [-0.15, -0.1) is 0 Å². The van der Waals surface area contributed by atoms with E-state index < -0.39 is 32.5 Å². The van der Waals surface area contributed by atoms with Crippen LogP contribution in [0.4, 0.5) is 14.5 Å². The molecule has 0 amide bonds. The van der Waals surface area contributed by atoms with Gasteiger partial charge in [0.25, 0.3) is 0 Å². The largest absolute Gasteiger partial charge is 0.469 e. The molecule has 106 valence electrons. The van der Waals surface area contributed by atoms with Crippen LogP contribution in [0.15, 0.2) is 17.0 Å². The summed E-state index contributed by atoms with van der Waals surface area (Å²) in [5.41, 5.74) is 5.02. The molecule has 1 aromatic rings. The van der Waals surface area contributed by atoms with Crippen LogP contribution in [0.2, 0.25) is 0 Å². The standard InChI is InChI=1S/C10H12F2N2O4S/c1-18-9(15)2-3-14-19(16,17)8-5-6(13)4-7(11)10(8)12/h4-5,14H,2-3,13H2,1H3. The Labute approximate surface area is 108 Å². The second-order valence-electron chi connectivity index (χ2n) is 3.54. The zero-order chi connectivity index (χ0) is 14.6. The van der Waals surface area contributed by atoms with Crippen molar-refractivity contribution < 1.29 is 26.7 Å². The number of sulfonamides is 1. The lowest BCUT2D eigenvalue weighted by molar-refractivity contribution is -0.140. The summed E-state index contributed by atoms with van der Waals surface area (Å²) in [6.07, 6.45) is -0.234. The van der Waals surface area contributed by atoms with Crippen LogP contribution in [-0.4, -0.2) is 28.0 Å². The van der Waals surface area contributed by atoms with Crippen LogP contribution in [0.5, 0.6) is 0 Å². The van der Waals surface area contributed by atoms with E-state index in [0.717, 1.165) is 13.2 Å². The summed E-state index contributed by atoms with van der Waals surface area (Å²) in [5.74, 6) is -3.53. The summed E-state index contributed by atoms with van der Waals surface area (Å²) >= 11 is 0. The Hall–Kier alpha value is -1.74.